The van der Waals surface area contributed by atoms with Gasteiger partial charge in [0.05, 0.1) is 25.4 Å². The van der Waals surface area contributed by atoms with Gasteiger partial charge < -0.3 is 21.1 Å². The number of unbranched alkanes of at least 4 members (excludes halogenated alkanes) is 4. The molecule has 0 aromatic heterocycles. The summed E-state index contributed by atoms with van der Waals surface area (Å²) in [5.41, 5.74) is 5.33. The van der Waals surface area contributed by atoms with Crippen molar-refractivity contribution in [2.45, 2.75) is 116 Å². The molecule has 0 rings (SSSR count). The summed E-state index contributed by atoms with van der Waals surface area (Å²) in [6, 6.07) is -0.921. The molecule has 266 valence electrons. The van der Waals surface area contributed by atoms with E-state index < -0.39 is 26.6 Å². The van der Waals surface area contributed by atoms with Gasteiger partial charge in [-0.2, -0.15) is 0 Å². The lowest BCUT2D eigenvalue weighted by Crippen LogP contribution is -2.45. The van der Waals surface area contributed by atoms with E-state index in [4.69, 9.17) is 14.8 Å². The second-order valence-corrected chi connectivity index (χ2v) is 12.4. The van der Waals surface area contributed by atoms with E-state index in [0.717, 1.165) is 57.8 Å². The van der Waals surface area contributed by atoms with E-state index in [-0.39, 0.29) is 25.5 Å². The Kier molecular flexibility index (Phi) is 31.5. The molecule has 0 saturated carbocycles. The van der Waals surface area contributed by atoms with E-state index in [1.54, 1.807) is 6.08 Å². The van der Waals surface area contributed by atoms with Crippen LogP contribution in [0, 0.1) is 0 Å². The molecular formula is C38H63N2O6P. The quantitative estimate of drug-likeness (QED) is 0.0340. The lowest BCUT2D eigenvalue weighted by Gasteiger charge is -2.23. The fourth-order valence-corrected chi connectivity index (χ4v) is 4.81. The number of carbonyl (C=O) groups is 1. The van der Waals surface area contributed by atoms with E-state index in [1.807, 2.05) is 18.2 Å². The summed E-state index contributed by atoms with van der Waals surface area (Å²) >= 11 is 0. The molecule has 0 aromatic rings. The van der Waals surface area contributed by atoms with Crippen molar-refractivity contribution < 1.29 is 28.4 Å². The summed E-state index contributed by atoms with van der Waals surface area (Å²) in [6.45, 7) is 3.83. The maximum absolute atomic E-state index is 12.6. The third-order valence-corrected chi connectivity index (χ3v) is 7.64. The summed E-state index contributed by atoms with van der Waals surface area (Å²) in [5, 5.41) is 13.4. The molecule has 0 aliphatic heterocycles. The van der Waals surface area contributed by atoms with Gasteiger partial charge in [-0.15, -0.1) is 0 Å². The summed E-state index contributed by atoms with van der Waals surface area (Å²) in [5.74, 6) is -0.295. The smallest absolute Gasteiger partial charge is 0.387 e. The second kappa shape index (κ2) is 33.3. The van der Waals surface area contributed by atoms with Crippen LogP contribution in [0.4, 0.5) is 0 Å². The molecule has 0 aliphatic carbocycles. The molecule has 3 unspecified atom stereocenters. The first-order valence-corrected chi connectivity index (χ1v) is 18.9. The topological polar surface area (TPSA) is 131 Å². The molecule has 0 heterocycles. The highest BCUT2D eigenvalue weighted by Gasteiger charge is 2.26. The number of carbonyl (C=O) groups excluding carboxylic acids is 1. The minimum atomic E-state index is -4.36. The molecule has 47 heavy (non-hydrogen) atoms. The zero-order valence-corrected chi connectivity index (χ0v) is 29.9. The SMILES string of the molecule is CC/C=C\C/C=C\C/C=C\C/C=C\C/C=C\C/C=C\CCC(=O)NC(COP(=O)(O)OCCN)C(O)/C=C/CC/C=C/CCCCC. The van der Waals surface area contributed by atoms with Gasteiger partial charge in [-0.05, 0) is 70.6 Å². The van der Waals surface area contributed by atoms with Crippen LogP contribution in [0.25, 0.3) is 0 Å². The Morgan fingerprint density at radius 2 is 1.23 bits per heavy atom. The first-order chi connectivity index (χ1) is 22.9. The Bertz CT molecular complexity index is 1040. The largest absolute Gasteiger partial charge is 0.472 e. The number of phosphoric ester groups is 1. The maximum atomic E-state index is 12.6. The molecule has 0 spiro atoms. The predicted octanol–water partition coefficient (Wildman–Crippen LogP) is 8.88. The van der Waals surface area contributed by atoms with Gasteiger partial charge in [-0.25, -0.2) is 4.57 Å². The van der Waals surface area contributed by atoms with E-state index in [0.29, 0.717) is 6.42 Å². The van der Waals surface area contributed by atoms with Crippen LogP contribution in [-0.4, -0.2) is 47.8 Å². The van der Waals surface area contributed by atoms with Crippen LogP contribution in [-0.2, 0) is 18.4 Å². The van der Waals surface area contributed by atoms with Crippen LogP contribution >= 0.6 is 7.82 Å². The molecule has 0 aliphatic rings. The average Bonchev–Trinajstić information content (AvgIpc) is 3.05. The molecule has 1 amide bonds. The fourth-order valence-electron chi connectivity index (χ4n) is 4.05. The van der Waals surface area contributed by atoms with Gasteiger partial charge in [-0.1, -0.05) is 124 Å². The number of hydrogen-bond acceptors (Lipinski definition) is 6. The highest BCUT2D eigenvalue weighted by molar-refractivity contribution is 7.47. The lowest BCUT2D eigenvalue weighted by molar-refractivity contribution is -0.122. The van der Waals surface area contributed by atoms with E-state index in [2.05, 4.69) is 92.1 Å². The van der Waals surface area contributed by atoms with Crippen LogP contribution in [0.15, 0.2) is 97.2 Å². The molecule has 0 saturated heterocycles. The van der Waals surface area contributed by atoms with Gasteiger partial charge in [-0.3, -0.25) is 13.8 Å². The zero-order valence-electron chi connectivity index (χ0n) is 29.0. The van der Waals surface area contributed by atoms with Crippen LogP contribution in [0.3, 0.4) is 0 Å². The zero-order chi connectivity index (χ0) is 34.7. The van der Waals surface area contributed by atoms with Crippen molar-refractivity contribution in [3.8, 4) is 0 Å². The first kappa shape index (κ1) is 44.4. The number of allylic oxidation sites excluding steroid dienone is 15. The van der Waals surface area contributed by atoms with Gasteiger partial charge >= 0.3 is 7.82 Å². The van der Waals surface area contributed by atoms with Gasteiger partial charge in [0, 0.05) is 13.0 Å². The Labute approximate surface area is 285 Å². The van der Waals surface area contributed by atoms with Crippen molar-refractivity contribution in [3.63, 3.8) is 0 Å². The molecule has 0 aromatic carbocycles. The summed E-state index contributed by atoms with van der Waals surface area (Å²) < 4.78 is 21.9. The minimum absolute atomic E-state index is 0.0566. The average molecular weight is 675 g/mol. The third-order valence-electron chi connectivity index (χ3n) is 6.66. The molecular weight excluding hydrogens is 611 g/mol. The van der Waals surface area contributed by atoms with Crippen molar-refractivity contribution in [2.24, 2.45) is 5.73 Å². The van der Waals surface area contributed by atoms with Crippen LogP contribution in [0.2, 0.25) is 0 Å². The van der Waals surface area contributed by atoms with Crippen LogP contribution < -0.4 is 11.1 Å². The lowest BCUT2D eigenvalue weighted by atomic mass is 10.1. The maximum Gasteiger partial charge on any atom is 0.472 e. The number of nitrogens with two attached hydrogens (primary N) is 1. The number of aliphatic hydroxyl groups excluding tert-OH is 1. The Balaban J connectivity index is 4.51. The molecule has 3 atom stereocenters. The minimum Gasteiger partial charge on any atom is -0.387 e. The van der Waals surface area contributed by atoms with Crippen molar-refractivity contribution in [1.82, 2.24) is 5.32 Å². The molecule has 8 nitrogen and oxygen atoms in total. The summed E-state index contributed by atoms with van der Waals surface area (Å²) in [4.78, 5) is 22.5. The Morgan fingerprint density at radius 1 is 0.723 bits per heavy atom. The van der Waals surface area contributed by atoms with Gasteiger partial charge in [0.2, 0.25) is 5.91 Å². The molecule has 9 heteroatoms. The van der Waals surface area contributed by atoms with Crippen molar-refractivity contribution in [1.29, 1.82) is 0 Å². The van der Waals surface area contributed by atoms with Gasteiger partial charge in [0.1, 0.15) is 0 Å². The van der Waals surface area contributed by atoms with Crippen molar-refractivity contribution >= 4 is 13.7 Å². The first-order valence-electron chi connectivity index (χ1n) is 17.4. The summed E-state index contributed by atoms with van der Waals surface area (Å²) in [7, 11) is -4.36. The number of phosphoric acid groups is 1. The van der Waals surface area contributed by atoms with E-state index in [1.165, 1.54) is 19.3 Å². The van der Waals surface area contributed by atoms with E-state index in [9.17, 15) is 19.4 Å². The predicted molar refractivity (Wildman–Crippen MR) is 198 cm³/mol. The van der Waals surface area contributed by atoms with Crippen molar-refractivity contribution in [2.75, 3.05) is 19.8 Å². The molecule has 0 bridgehead atoms. The Morgan fingerprint density at radius 3 is 1.79 bits per heavy atom. The molecule has 0 radical (unpaired) electrons. The Hall–Kier alpha value is -2.58. The highest BCUT2D eigenvalue weighted by Crippen LogP contribution is 2.43. The third kappa shape index (κ3) is 31.8. The number of amides is 1. The highest BCUT2D eigenvalue weighted by atomic mass is 31.2. The normalized spacial score (nSPS) is 15.6. The molecule has 0 fully saturated rings. The monoisotopic (exact) mass is 674 g/mol. The number of hydrogen-bond donors (Lipinski definition) is 4. The van der Waals surface area contributed by atoms with Gasteiger partial charge in [0.15, 0.2) is 0 Å². The molecule has 5 N–H and O–H groups in total. The number of aliphatic hydroxyl groups is 1. The fraction of sp³-hybridized carbons (Fsp3) is 0.553. The van der Waals surface area contributed by atoms with Crippen molar-refractivity contribution in [3.05, 3.63) is 97.2 Å². The van der Waals surface area contributed by atoms with Crippen LogP contribution in [0.1, 0.15) is 104 Å². The second-order valence-electron chi connectivity index (χ2n) is 11.0. The standard InChI is InChI=1S/C38H63N2O6P/c1-3-5-7-9-11-13-14-15-16-17-18-19-20-21-22-24-26-28-30-32-38(42)40-36(35-46-47(43,44)45-34-33-39)37(41)31-29-27-25-23-12-10-8-6-4-2/h5,7,11-13,15-16,18-19,21-23,26,28-29,31,36-37,41H,3-4,6,8-10,14,17,20,24-25,27,30,32-35,39H2,1-2H3,(H,40,42)(H,43,44)/b7-5-,13-11-,16-15-,19-18-,22-21-,23-12+,28-26-,31-29+. The summed E-state index contributed by atoms with van der Waals surface area (Å²) in [6.07, 6.45) is 44.8. The van der Waals surface area contributed by atoms with E-state index >= 15 is 0 Å². The number of nitrogens with one attached hydrogen (secondary N) is 1. The van der Waals surface area contributed by atoms with Crippen LogP contribution in [0.5, 0.6) is 0 Å². The number of rotatable bonds is 30. The van der Waals surface area contributed by atoms with Gasteiger partial charge in [0.25, 0.3) is 0 Å².